The van der Waals surface area contributed by atoms with Gasteiger partial charge in [0.1, 0.15) is 6.10 Å². The van der Waals surface area contributed by atoms with Crippen molar-refractivity contribution in [3.63, 3.8) is 0 Å². The number of ether oxygens (including phenoxy) is 6. The fourth-order valence-corrected chi connectivity index (χ4v) is 7.14. The third kappa shape index (κ3) is 17.3. The minimum absolute atomic E-state index is 0.706. The summed E-state index contributed by atoms with van der Waals surface area (Å²) in [5.74, 6) is -18.1. The predicted octanol–water partition coefficient (Wildman–Crippen LogP) is 8.94. The molecule has 3 atom stereocenters. The van der Waals surface area contributed by atoms with Crippen LogP contribution < -0.4 is 0 Å². The van der Waals surface area contributed by atoms with Crippen LogP contribution in [0.4, 0.5) is 105 Å². The smallest absolute Gasteiger partial charge is 0.378 e. The molecule has 45 heteroatoms. The molecule has 3 unspecified atom stereocenters. The van der Waals surface area contributed by atoms with E-state index in [1.165, 1.54) is 0 Å². The Morgan fingerprint density at radius 2 is 0.551 bits per heavy atom. The van der Waals surface area contributed by atoms with Gasteiger partial charge < -0.3 is 14.2 Å². The van der Waals surface area contributed by atoms with Crippen molar-refractivity contribution in [1.82, 2.24) is 0 Å². The molecule has 0 aliphatic heterocycles. The lowest BCUT2D eigenvalue weighted by molar-refractivity contribution is -0.456. The van der Waals surface area contributed by atoms with Gasteiger partial charge in [-0.25, -0.2) is 14.2 Å². The van der Waals surface area contributed by atoms with Gasteiger partial charge in [-0.1, -0.05) is 67.8 Å². The van der Waals surface area contributed by atoms with E-state index in [9.17, 15) is 131 Å². The molecule has 0 saturated heterocycles. The fraction of sp³-hybridized carbons (Fsp3) is 1.00. The quantitative estimate of drug-likeness (QED) is 0.0248. The van der Waals surface area contributed by atoms with Crippen LogP contribution >= 0.6 is 67.8 Å². The Hall–Kier alpha value is -0.000000000000000465. The Morgan fingerprint density at radius 1 is 0.348 bits per heavy atom. The van der Waals surface area contributed by atoms with Crippen molar-refractivity contribution in [2.75, 3.05) is 33.0 Å². The molecule has 15 nitrogen and oxygen atoms in total. The molecular formula is C24H23F24I3O15S3. The first-order valence-electron chi connectivity index (χ1n) is 16.1. The van der Waals surface area contributed by atoms with E-state index in [1.54, 1.807) is 0 Å². The molecule has 0 aromatic carbocycles. The highest BCUT2D eigenvalue weighted by Crippen LogP contribution is 2.51. The van der Waals surface area contributed by atoms with Gasteiger partial charge in [-0.15, -0.1) is 0 Å². The summed E-state index contributed by atoms with van der Waals surface area (Å²) in [5.41, 5.74) is 0. The average molecular weight is 1480 g/mol. The van der Waals surface area contributed by atoms with E-state index < -0.39 is 171 Å². The number of hydrogen-bond acceptors (Lipinski definition) is 12. The Morgan fingerprint density at radius 3 is 0.754 bits per heavy atom. The molecule has 0 saturated carbocycles. The second-order valence-corrected chi connectivity index (χ2v) is 22.6. The molecule has 0 fully saturated rings. The monoisotopic (exact) mass is 1480 g/mol. The van der Waals surface area contributed by atoms with Crippen LogP contribution in [0.3, 0.4) is 0 Å². The van der Waals surface area contributed by atoms with Crippen LogP contribution in [-0.4, -0.2) is 160 Å². The van der Waals surface area contributed by atoms with Crippen molar-refractivity contribution < 1.29 is 173 Å². The normalized spacial score (nSPS) is 17.5. The lowest BCUT2D eigenvalue weighted by Gasteiger charge is -2.32. The van der Waals surface area contributed by atoms with Gasteiger partial charge in [-0.05, 0) is 0 Å². The highest BCUT2D eigenvalue weighted by atomic mass is 127. The Balaban J connectivity index is 6.30. The maximum Gasteiger partial charge on any atom is 0.460 e. The van der Waals surface area contributed by atoms with Crippen molar-refractivity contribution >= 4 is 98.1 Å². The van der Waals surface area contributed by atoms with Gasteiger partial charge in [0, 0.05) is 31.0 Å². The summed E-state index contributed by atoms with van der Waals surface area (Å²) >= 11 is 2.18. The first-order chi connectivity index (χ1) is 29.8. The third-order valence-corrected chi connectivity index (χ3v) is 12.2. The maximum atomic E-state index is 14.4. The van der Waals surface area contributed by atoms with E-state index >= 15 is 0 Å². The van der Waals surface area contributed by atoms with E-state index in [2.05, 4.69) is 14.2 Å². The van der Waals surface area contributed by atoms with Crippen molar-refractivity contribution in [2.45, 2.75) is 107 Å². The number of rotatable bonds is 32. The predicted molar refractivity (Wildman–Crippen MR) is 196 cm³/mol. The van der Waals surface area contributed by atoms with Crippen molar-refractivity contribution in [3.8, 4) is 0 Å². The Kier molecular flexibility index (Phi) is 22.7. The maximum absolute atomic E-state index is 14.4. The second-order valence-electron chi connectivity index (χ2n) is 12.9. The van der Waals surface area contributed by atoms with Gasteiger partial charge in [0.05, 0.1) is 33.0 Å². The van der Waals surface area contributed by atoms with Crippen molar-refractivity contribution in [1.29, 1.82) is 0 Å². The van der Waals surface area contributed by atoms with E-state index in [-0.39, 0.29) is 0 Å². The van der Waals surface area contributed by atoms with Gasteiger partial charge in [-0.3, -0.25) is 13.7 Å². The zero-order valence-corrected chi connectivity index (χ0v) is 40.6. The van der Waals surface area contributed by atoms with Crippen LogP contribution in [0.1, 0.15) is 19.3 Å². The molecule has 0 aliphatic carbocycles. The van der Waals surface area contributed by atoms with Crippen molar-refractivity contribution in [3.05, 3.63) is 0 Å². The second kappa shape index (κ2) is 22.7. The summed E-state index contributed by atoms with van der Waals surface area (Å²) in [6.45, 7) is -7.07. The molecular weight excluding hydrogens is 1460 g/mol. The first kappa shape index (κ1) is 69.0. The summed E-state index contributed by atoms with van der Waals surface area (Å²) in [4.78, 5) is 0. The van der Waals surface area contributed by atoms with Crippen LogP contribution in [0.2, 0.25) is 0 Å². The molecule has 0 heterocycles. The molecule has 0 radical (unpaired) electrons. The molecule has 0 amide bonds. The third-order valence-electron chi connectivity index (χ3n) is 7.19. The molecule has 0 aliphatic rings. The minimum Gasteiger partial charge on any atom is -0.378 e. The first-order valence-corrected chi connectivity index (χ1v) is 24.1. The highest BCUT2D eigenvalue weighted by Gasteiger charge is 2.76. The molecule has 0 bridgehead atoms. The fourth-order valence-electron chi connectivity index (χ4n) is 3.74. The summed E-state index contributed by atoms with van der Waals surface area (Å²) in [6.07, 6.45) is -51.2. The Bertz CT molecular complexity index is 1960. The van der Waals surface area contributed by atoms with Gasteiger partial charge in [0.25, 0.3) is 0 Å². The lowest BCUT2D eigenvalue weighted by Crippen LogP contribution is -2.56. The number of alkyl halides is 27. The summed E-state index contributed by atoms with van der Waals surface area (Å²) in [7, 11) is -22.0. The number of halogens is 27. The van der Waals surface area contributed by atoms with Crippen LogP contribution in [0.25, 0.3) is 0 Å². The molecule has 0 aromatic rings. The summed E-state index contributed by atoms with van der Waals surface area (Å²) in [6, 6.07) is 0. The number of hydrogen-bond donors (Lipinski definition) is 3. The average Bonchev–Trinajstić information content (AvgIpc) is 3.06. The van der Waals surface area contributed by atoms with E-state index in [4.69, 9.17) is 27.9 Å². The van der Waals surface area contributed by atoms with Gasteiger partial charge >= 0.3 is 101 Å². The topological polar surface area (TPSA) is 218 Å². The molecule has 0 rings (SSSR count). The van der Waals surface area contributed by atoms with Crippen molar-refractivity contribution in [2.24, 2.45) is 0 Å². The lowest BCUT2D eigenvalue weighted by atomic mass is 10.1. The summed E-state index contributed by atoms with van der Waals surface area (Å²) in [5, 5.41) is -21.0. The minimum atomic E-state index is -7.35. The van der Waals surface area contributed by atoms with E-state index in [0.29, 0.717) is 22.6 Å². The van der Waals surface area contributed by atoms with Crippen LogP contribution in [0.15, 0.2) is 0 Å². The van der Waals surface area contributed by atoms with Crippen LogP contribution in [0, 0.1) is 0 Å². The SMILES string of the molecule is O=S(=O)(O)C(F)(F)C(F)(F)OC(F)(F)C(F)(F)CC(I)COCC(COCC(I)CC(F)(F)C(F)(F)OC(F)(F)C(F)(F)S(=O)(=O)O)OCC(I)CC(F)(F)C(F)(F)OC(F)(F)C(F)(F)S(=O)(=O)O. The molecule has 0 spiro atoms. The van der Waals surface area contributed by atoms with Gasteiger partial charge in [-0.2, -0.15) is 131 Å². The largest absolute Gasteiger partial charge is 0.460 e. The molecule has 0 aromatic heterocycles. The highest BCUT2D eigenvalue weighted by molar-refractivity contribution is 14.1. The zero-order chi connectivity index (χ0) is 55.7. The van der Waals surface area contributed by atoms with Crippen LogP contribution in [0.5, 0.6) is 0 Å². The van der Waals surface area contributed by atoms with E-state index in [0.717, 1.165) is 45.2 Å². The molecule has 69 heavy (non-hydrogen) atoms. The standard InChI is InChI=1S/C24H23F24I3O15S3/c25-13(26,16(31,32)64-19(37,38)22(43,44)67(52,53)54)1-9(49)4-61-7-12(63-6-11(51)3-15(29,30)18(35,36)66-21(41,42)24(47,48)69(58,59)60)8-62-5-10(50)2-14(27,28)17(33,34)65-20(39,40)23(45,46)68(55,56)57/h9-12H,1-8H2,(H,52,53,54)(H,55,56,57)(H,58,59,60). The molecule has 3 N–H and O–H groups in total. The molecule has 416 valence electrons. The summed E-state index contributed by atoms with van der Waals surface area (Å²) < 4.78 is 432. The van der Waals surface area contributed by atoms with E-state index in [1.807, 2.05) is 0 Å². The van der Waals surface area contributed by atoms with Gasteiger partial charge in [0.15, 0.2) is 0 Å². The Labute approximate surface area is 408 Å². The van der Waals surface area contributed by atoms with Crippen LogP contribution in [-0.2, 0) is 58.8 Å². The zero-order valence-electron chi connectivity index (χ0n) is 31.6. The van der Waals surface area contributed by atoms with Gasteiger partial charge in [0.2, 0.25) is 0 Å².